The predicted molar refractivity (Wildman–Crippen MR) is 96.3 cm³/mol. The highest BCUT2D eigenvalue weighted by Crippen LogP contribution is 2.34. The smallest absolute Gasteiger partial charge is 0.354 e. The summed E-state index contributed by atoms with van der Waals surface area (Å²) in [4.78, 5) is 22.7. The van der Waals surface area contributed by atoms with E-state index in [1.165, 1.54) is 7.11 Å². The Balaban J connectivity index is 2.27. The highest BCUT2D eigenvalue weighted by atomic mass is 79.9. The monoisotopic (exact) mass is 405 g/mol. The lowest BCUT2D eigenvalue weighted by Gasteiger charge is -2.15. The molecule has 0 aliphatic heterocycles. The fraction of sp³-hybridized carbons (Fsp3) is 0.111. The minimum Gasteiger partial charge on any atom is -0.486 e. The number of carboxylic acid groups (broad SMARTS) is 1. The first-order valence-electron chi connectivity index (χ1n) is 7.26. The fourth-order valence-electron chi connectivity index (χ4n) is 2.01. The lowest BCUT2D eigenvalue weighted by molar-refractivity contribution is -0.137. The van der Waals surface area contributed by atoms with Crippen LogP contribution < -0.4 is 10.1 Å². The molecule has 0 fully saturated rings. The minimum absolute atomic E-state index is 0.210. The van der Waals surface area contributed by atoms with Gasteiger partial charge >= 0.3 is 11.9 Å². The normalized spacial score (nSPS) is 10.9. The Morgan fingerprint density at radius 3 is 2.52 bits per heavy atom. The average Bonchev–Trinajstić information content (AvgIpc) is 2.60. The van der Waals surface area contributed by atoms with Crippen molar-refractivity contribution in [2.45, 2.75) is 6.61 Å². The quantitative estimate of drug-likeness (QED) is 0.540. The molecule has 0 aliphatic carbocycles. The molecule has 0 unspecified atom stereocenters. The Morgan fingerprint density at radius 1 is 1.16 bits per heavy atom. The molecule has 7 heteroatoms. The molecule has 0 aliphatic rings. The molecule has 0 aromatic heterocycles. The maximum Gasteiger partial charge on any atom is 0.354 e. The van der Waals surface area contributed by atoms with Crippen LogP contribution in [0.2, 0.25) is 0 Å². The van der Waals surface area contributed by atoms with E-state index in [4.69, 9.17) is 9.84 Å². The summed E-state index contributed by atoms with van der Waals surface area (Å²) in [6, 6.07) is 14.8. The first-order valence-corrected chi connectivity index (χ1v) is 8.05. The molecular weight excluding hydrogens is 390 g/mol. The number of esters is 1. The van der Waals surface area contributed by atoms with E-state index in [1.54, 1.807) is 18.2 Å². The topological polar surface area (TPSA) is 84.9 Å². The Bertz CT molecular complexity index is 789. The van der Waals surface area contributed by atoms with Gasteiger partial charge in [-0.15, -0.1) is 0 Å². The number of aliphatic carboxylic acids is 1. The van der Waals surface area contributed by atoms with Crippen molar-refractivity contribution >= 4 is 33.6 Å². The first kappa shape index (κ1) is 18.5. The zero-order valence-electron chi connectivity index (χ0n) is 13.4. The van der Waals surface area contributed by atoms with Gasteiger partial charge in [-0.1, -0.05) is 36.4 Å². The molecule has 2 rings (SSSR count). The van der Waals surface area contributed by atoms with Gasteiger partial charge in [0, 0.05) is 0 Å². The van der Waals surface area contributed by atoms with Gasteiger partial charge in [0.15, 0.2) is 5.75 Å². The molecule has 6 nitrogen and oxygen atoms in total. The molecule has 0 heterocycles. The fourth-order valence-corrected chi connectivity index (χ4v) is 2.49. The standard InChI is InChI=1S/C18H16BrNO5/c1-24-18(23)15(10-16(21)22)20-14-9-5-8-13(19)17(14)25-11-12-6-3-2-4-7-12/h2-10,20H,11H2,1H3,(H,21,22). The van der Waals surface area contributed by atoms with Crippen LogP contribution >= 0.6 is 15.9 Å². The van der Waals surface area contributed by atoms with Crippen molar-refractivity contribution in [3.8, 4) is 5.75 Å². The van der Waals surface area contributed by atoms with Gasteiger partial charge in [-0.05, 0) is 33.6 Å². The van der Waals surface area contributed by atoms with E-state index in [1.807, 2.05) is 30.3 Å². The largest absolute Gasteiger partial charge is 0.486 e. The SMILES string of the molecule is COC(=O)C(=CC(=O)O)Nc1cccc(Br)c1OCc1ccccc1. The number of carboxylic acids is 1. The van der Waals surface area contributed by atoms with Crippen molar-refractivity contribution in [1.82, 2.24) is 0 Å². The number of halogens is 1. The second kappa shape index (κ2) is 8.89. The summed E-state index contributed by atoms with van der Waals surface area (Å²) < 4.78 is 11.1. The molecule has 0 atom stereocenters. The molecule has 0 amide bonds. The summed E-state index contributed by atoms with van der Waals surface area (Å²) >= 11 is 3.40. The molecule has 2 aromatic carbocycles. The van der Waals surface area contributed by atoms with Gasteiger partial charge in [-0.2, -0.15) is 0 Å². The number of rotatable bonds is 7. The number of methoxy groups -OCH3 is 1. The van der Waals surface area contributed by atoms with Gasteiger partial charge in [-0.25, -0.2) is 9.59 Å². The van der Waals surface area contributed by atoms with Gasteiger partial charge < -0.3 is 19.9 Å². The average molecular weight is 406 g/mol. The predicted octanol–water partition coefficient (Wildman–Crippen LogP) is 3.58. The van der Waals surface area contributed by atoms with E-state index in [9.17, 15) is 9.59 Å². The van der Waals surface area contributed by atoms with Crippen LogP contribution in [0, 0.1) is 0 Å². The number of hydrogen-bond acceptors (Lipinski definition) is 5. The maximum atomic E-state index is 11.8. The third-order valence-corrected chi connectivity index (χ3v) is 3.76. The molecule has 2 N–H and O–H groups in total. The van der Waals surface area contributed by atoms with Crippen molar-refractivity contribution in [1.29, 1.82) is 0 Å². The molecule has 0 bridgehead atoms. The number of ether oxygens (including phenoxy) is 2. The number of benzene rings is 2. The van der Waals surface area contributed by atoms with Gasteiger partial charge in [0.1, 0.15) is 12.3 Å². The number of hydrogen-bond donors (Lipinski definition) is 2. The van der Waals surface area contributed by atoms with Gasteiger partial charge in [0.25, 0.3) is 0 Å². The molecule has 130 valence electrons. The Labute approximate surface area is 153 Å². The van der Waals surface area contributed by atoms with E-state index in [-0.39, 0.29) is 5.70 Å². The zero-order valence-corrected chi connectivity index (χ0v) is 14.9. The van der Waals surface area contributed by atoms with Crippen LogP contribution in [-0.4, -0.2) is 24.2 Å². The lowest BCUT2D eigenvalue weighted by atomic mass is 10.2. The van der Waals surface area contributed by atoms with Crippen LogP contribution in [0.4, 0.5) is 5.69 Å². The molecular formula is C18H16BrNO5. The van der Waals surface area contributed by atoms with Gasteiger partial charge in [0.05, 0.1) is 23.3 Å². The molecule has 0 spiro atoms. The highest BCUT2D eigenvalue weighted by molar-refractivity contribution is 9.10. The van der Waals surface area contributed by atoms with Crippen LogP contribution in [0.1, 0.15) is 5.56 Å². The third kappa shape index (κ3) is 5.36. The van der Waals surface area contributed by atoms with E-state index >= 15 is 0 Å². The van der Waals surface area contributed by atoms with Crippen molar-refractivity contribution < 1.29 is 24.2 Å². The van der Waals surface area contributed by atoms with E-state index in [0.717, 1.165) is 11.6 Å². The number of para-hydroxylation sites is 1. The summed E-state index contributed by atoms with van der Waals surface area (Å²) in [7, 11) is 1.17. The van der Waals surface area contributed by atoms with Crippen LogP contribution in [0.3, 0.4) is 0 Å². The number of carbonyl (C=O) groups is 2. The van der Waals surface area contributed by atoms with Crippen molar-refractivity contribution in [2.24, 2.45) is 0 Å². The van der Waals surface area contributed by atoms with E-state index < -0.39 is 11.9 Å². The highest BCUT2D eigenvalue weighted by Gasteiger charge is 2.16. The number of nitrogens with one attached hydrogen (secondary N) is 1. The van der Waals surface area contributed by atoms with Crippen LogP contribution in [0.5, 0.6) is 5.75 Å². The van der Waals surface area contributed by atoms with Crippen molar-refractivity contribution in [3.05, 3.63) is 70.3 Å². The van der Waals surface area contributed by atoms with Gasteiger partial charge in [0.2, 0.25) is 0 Å². The first-order chi connectivity index (χ1) is 12.0. The molecule has 0 saturated carbocycles. The van der Waals surface area contributed by atoms with Gasteiger partial charge in [-0.3, -0.25) is 0 Å². The summed E-state index contributed by atoms with van der Waals surface area (Å²) in [6.45, 7) is 0.314. The Hall–Kier alpha value is -2.80. The molecule has 2 aromatic rings. The lowest BCUT2D eigenvalue weighted by Crippen LogP contribution is -2.15. The summed E-state index contributed by atoms with van der Waals surface area (Å²) in [5.41, 5.74) is 1.19. The van der Waals surface area contributed by atoms with Crippen LogP contribution in [-0.2, 0) is 20.9 Å². The third-order valence-electron chi connectivity index (χ3n) is 3.14. The zero-order chi connectivity index (χ0) is 18.2. The Morgan fingerprint density at radius 2 is 1.88 bits per heavy atom. The molecule has 0 radical (unpaired) electrons. The van der Waals surface area contributed by atoms with E-state index in [2.05, 4.69) is 26.0 Å². The summed E-state index contributed by atoms with van der Waals surface area (Å²) in [5.74, 6) is -1.61. The molecule has 25 heavy (non-hydrogen) atoms. The Kier molecular flexibility index (Phi) is 6.59. The maximum absolute atomic E-state index is 11.8. The summed E-state index contributed by atoms with van der Waals surface area (Å²) in [5, 5.41) is 11.7. The summed E-state index contributed by atoms with van der Waals surface area (Å²) in [6.07, 6.45) is 0.744. The van der Waals surface area contributed by atoms with Crippen LogP contribution in [0.15, 0.2) is 64.8 Å². The minimum atomic E-state index is -1.27. The van der Waals surface area contributed by atoms with Crippen molar-refractivity contribution in [2.75, 3.05) is 12.4 Å². The van der Waals surface area contributed by atoms with Crippen molar-refractivity contribution in [3.63, 3.8) is 0 Å². The van der Waals surface area contributed by atoms with Crippen LogP contribution in [0.25, 0.3) is 0 Å². The molecule has 0 saturated heterocycles. The number of carbonyl (C=O) groups excluding carboxylic acids is 1. The number of anilines is 1. The second-order valence-corrected chi connectivity index (χ2v) is 5.76. The van der Waals surface area contributed by atoms with E-state index in [0.29, 0.717) is 22.5 Å². The second-order valence-electron chi connectivity index (χ2n) is 4.90.